The van der Waals surface area contributed by atoms with Gasteiger partial charge in [0.1, 0.15) is 0 Å². The van der Waals surface area contributed by atoms with Gasteiger partial charge in [-0.3, -0.25) is 0 Å². The normalized spacial score (nSPS) is 14.5. The van der Waals surface area contributed by atoms with E-state index >= 15 is 0 Å². The Morgan fingerprint density at radius 1 is 1.50 bits per heavy atom. The number of fused-ring (bicyclic) bond motifs is 1. The zero-order valence-corrected chi connectivity index (χ0v) is 6.14. The Hall–Kier alpha value is -0.261. The Kier molecular flexibility index (Phi) is 0.927. The van der Waals surface area contributed by atoms with E-state index in [0.717, 1.165) is 0 Å². The van der Waals surface area contributed by atoms with Crippen LogP contribution < -0.4 is 0 Å². The van der Waals surface area contributed by atoms with Gasteiger partial charge in [0.15, 0.2) is 0 Å². The maximum absolute atomic E-state index is 2.29. The molecule has 0 N–H and O–H groups in total. The van der Waals surface area contributed by atoms with Crippen LogP contribution in [-0.4, -0.2) is 14.5 Å². The first-order valence-electron chi connectivity index (χ1n) is 2.70. The molecule has 0 saturated carbocycles. The summed E-state index contributed by atoms with van der Waals surface area (Å²) >= 11 is 0.683. The van der Waals surface area contributed by atoms with Crippen molar-refractivity contribution in [3.8, 4) is 0 Å². The Morgan fingerprint density at radius 3 is 3.38 bits per heavy atom. The van der Waals surface area contributed by atoms with Crippen molar-refractivity contribution >= 4 is 20.6 Å². The number of hydrogen-bond acceptors (Lipinski definition) is 0. The molecule has 0 nitrogen and oxygen atoms in total. The average Bonchev–Trinajstić information content (AvgIpc) is 2.15. The predicted molar refractivity (Wildman–Crippen MR) is 36.1 cm³/mol. The van der Waals surface area contributed by atoms with Crippen LogP contribution in [0.15, 0.2) is 17.1 Å². The second-order valence-corrected chi connectivity index (χ2v) is 3.90. The number of hydrogen-bond donors (Lipinski definition) is 0. The molecular formula is C7H6Se. The second kappa shape index (κ2) is 1.61. The molecule has 1 aliphatic carbocycles. The quantitative estimate of drug-likeness (QED) is 0.513. The fourth-order valence-electron chi connectivity index (χ4n) is 0.955. The van der Waals surface area contributed by atoms with E-state index in [1.54, 1.807) is 10.0 Å². The van der Waals surface area contributed by atoms with Gasteiger partial charge in [-0.1, -0.05) is 0 Å². The third-order valence-corrected chi connectivity index (χ3v) is 3.33. The summed E-state index contributed by atoms with van der Waals surface area (Å²) in [6, 6.07) is 2.26. The molecule has 0 saturated heterocycles. The molecule has 1 heterocycles. The van der Waals surface area contributed by atoms with Crippen LogP contribution in [0.3, 0.4) is 0 Å². The fourth-order valence-corrected chi connectivity index (χ4v) is 2.75. The average molecular weight is 169 g/mol. The van der Waals surface area contributed by atoms with Crippen LogP contribution in [0.1, 0.15) is 10.0 Å². The van der Waals surface area contributed by atoms with E-state index in [-0.39, 0.29) is 0 Å². The first kappa shape index (κ1) is 4.60. The van der Waals surface area contributed by atoms with Crippen molar-refractivity contribution in [1.82, 2.24) is 0 Å². The van der Waals surface area contributed by atoms with Gasteiger partial charge in [0.2, 0.25) is 0 Å². The minimum absolute atomic E-state index is 0.683. The van der Waals surface area contributed by atoms with Gasteiger partial charge in [-0.2, -0.15) is 0 Å². The van der Waals surface area contributed by atoms with E-state index in [4.69, 9.17) is 0 Å². The van der Waals surface area contributed by atoms with Gasteiger partial charge in [0.05, 0.1) is 0 Å². The summed E-state index contributed by atoms with van der Waals surface area (Å²) in [5, 5.41) is 0. The summed E-state index contributed by atoms with van der Waals surface area (Å²) in [4.78, 5) is 2.29. The Bertz CT molecular complexity index is 220. The Balaban J connectivity index is 2.67. The molecular weight excluding hydrogens is 163 g/mol. The summed E-state index contributed by atoms with van der Waals surface area (Å²) in [7, 11) is 0. The summed E-state index contributed by atoms with van der Waals surface area (Å²) in [6.45, 7) is 0. The van der Waals surface area contributed by atoms with Gasteiger partial charge >= 0.3 is 54.1 Å². The summed E-state index contributed by atoms with van der Waals surface area (Å²) in [6.07, 6.45) is 5.69. The monoisotopic (exact) mass is 170 g/mol. The van der Waals surface area contributed by atoms with Crippen LogP contribution in [-0.2, 0) is 6.42 Å². The molecule has 2 rings (SSSR count). The molecule has 8 heavy (non-hydrogen) atoms. The van der Waals surface area contributed by atoms with Crippen LogP contribution in [0, 0.1) is 0 Å². The standard InChI is InChI=1S/C7H6Se/c1-2-6-4-5-8-7(6)3-1/h1,3-5H,2H2. The molecule has 0 bridgehead atoms. The first-order valence-corrected chi connectivity index (χ1v) is 4.54. The molecule has 0 unspecified atom stereocenters. The van der Waals surface area contributed by atoms with Crippen LogP contribution in [0.2, 0.25) is 0 Å². The van der Waals surface area contributed by atoms with Gasteiger partial charge < -0.3 is 0 Å². The van der Waals surface area contributed by atoms with Gasteiger partial charge in [0.25, 0.3) is 0 Å². The minimum atomic E-state index is 0.683. The van der Waals surface area contributed by atoms with Gasteiger partial charge in [-0.15, -0.1) is 0 Å². The molecule has 0 atom stereocenters. The van der Waals surface area contributed by atoms with Crippen molar-refractivity contribution in [2.45, 2.75) is 6.42 Å². The molecule has 0 amide bonds. The van der Waals surface area contributed by atoms with E-state index in [2.05, 4.69) is 23.2 Å². The fraction of sp³-hybridized carbons (Fsp3) is 0.143. The molecule has 0 aromatic carbocycles. The van der Waals surface area contributed by atoms with Crippen LogP contribution >= 0.6 is 0 Å². The SMILES string of the molecule is C1=Cc2[se]ccc2C1. The zero-order valence-electron chi connectivity index (χ0n) is 4.42. The van der Waals surface area contributed by atoms with Crippen molar-refractivity contribution in [3.05, 3.63) is 27.1 Å². The molecule has 0 radical (unpaired) electrons. The third-order valence-electron chi connectivity index (χ3n) is 1.39. The predicted octanol–water partition coefficient (Wildman–Crippen LogP) is 1.31. The molecule has 1 heteroatoms. The molecule has 0 aliphatic heterocycles. The Morgan fingerprint density at radius 2 is 2.50 bits per heavy atom. The van der Waals surface area contributed by atoms with E-state index in [1.807, 2.05) is 0 Å². The van der Waals surface area contributed by atoms with Crippen molar-refractivity contribution in [2.24, 2.45) is 0 Å². The van der Waals surface area contributed by atoms with E-state index in [9.17, 15) is 0 Å². The summed E-state index contributed by atoms with van der Waals surface area (Å²) < 4.78 is 1.59. The van der Waals surface area contributed by atoms with E-state index in [1.165, 1.54) is 6.42 Å². The van der Waals surface area contributed by atoms with Crippen LogP contribution in [0.5, 0.6) is 0 Å². The van der Waals surface area contributed by atoms with Crippen molar-refractivity contribution in [3.63, 3.8) is 0 Å². The number of allylic oxidation sites excluding steroid dienone is 1. The van der Waals surface area contributed by atoms with Crippen LogP contribution in [0.25, 0.3) is 6.08 Å². The topological polar surface area (TPSA) is 0 Å². The van der Waals surface area contributed by atoms with E-state index < -0.39 is 0 Å². The van der Waals surface area contributed by atoms with Gasteiger partial charge in [-0.05, 0) is 0 Å². The van der Waals surface area contributed by atoms with Crippen LogP contribution in [0.4, 0.5) is 0 Å². The molecule has 0 fully saturated rings. The summed E-state index contributed by atoms with van der Waals surface area (Å²) in [5.41, 5.74) is 1.56. The van der Waals surface area contributed by atoms with E-state index in [0.29, 0.717) is 14.5 Å². The van der Waals surface area contributed by atoms with Crippen molar-refractivity contribution < 1.29 is 0 Å². The summed E-state index contributed by atoms with van der Waals surface area (Å²) in [5.74, 6) is 0. The Labute approximate surface area is 54.6 Å². The van der Waals surface area contributed by atoms with Crippen molar-refractivity contribution in [1.29, 1.82) is 0 Å². The van der Waals surface area contributed by atoms with Gasteiger partial charge in [0, 0.05) is 0 Å². The maximum atomic E-state index is 2.29. The zero-order chi connectivity index (χ0) is 5.40. The number of rotatable bonds is 0. The van der Waals surface area contributed by atoms with Gasteiger partial charge in [-0.25, -0.2) is 0 Å². The van der Waals surface area contributed by atoms with Crippen molar-refractivity contribution in [2.75, 3.05) is 0 Å². The molecule has 1 aliphatic rings. The molecule has 1 aromatic heterocycles. The molecule has 1 aromatic rings. The molecule has 40 valence electrons. The first-order chi connectivity index (χ1) is 3.97. The third kappa shape index (κ3) is 0.520. The second-order valence-electron chi connectivity index (χ2n) is 1.92. The molecule has 0 spiro atoms.